The van der Waals surface area contributed by atoms with Gasteiger partial charge in [0, 0.05) is 38.2 Å². The van der Waals surface area contributed by atoms with E-state index in [1.807, 2.05) is 0 Å². The number of carbonyl (C=O) groups is 2. The van der Waals surface area contributed by atoms with Crippen molar-refractivity contribution < 1.29 is 27.9 Å². The summed E-state index contributed by atoms with van der Waals surface area (Å²) in [5.41, 5.74) is 8.51. The molecule has 0 aromatic heterocycles. The highest BCUT2D eigenvalue weighted by atomic mass is 35.5. The number of halogens is 5. The summed E-state index contributed by atoms with van der Waals surface area (Å²) in [6.45, 7) is 0.814. The zero-order valence-corrected chi connectivity index (χ0v) is 15.8. The number of hydrogen-bond acceptors (Lipinski definition) is 4. The summed E-state index contributed by atoms with van der Waals surface area (Å²) >= 11 is 0. The Labute approximate surface area is 166 Å². The molecular weight excluding hydrogens is 412 g/mol. The first-order chi connectivity index (χ1) is 11.8. The predicted octanol–water partition coefficient (Wildman–Crippen LogP) is 1.53. The number of carboxylic acid groups (broad SMARTS) is 1. The molecule has 12 heteroatoms. The molecule has 7 nitrogen and oxygen atoms in total. The van der Waals surface area contributed by atoms with Gasteiger partial charge in [-0.2, -0.15) is 0 Å². The van der Waals surface area contributed by atoms with Crippen LogP contribution in [0.1, 0.15) is 12.0 Å². The van der Waals surface area contributed by atoms with Crippen molar-refractivity contribution in [2.45, 2.75) is 18.9 Å². The molecule has 4 N–H and O–H groups in total. The molecule has 27 heavy (non-hydrogen) atoms. The number of nitrogens with zero attached hydrogens (tertiary/aromatic N) is 2. The Balaban J connectivity index is 0.00000338. The molecule has 1 aromatic rings. The van der Waals surface area contributed by atoms with Crippen molar-refractivity contribution in [1.82, 2.24) is 15.3 Å². The zero-order chi connectivity index (χ0) is 18.6. The van der Waals surface area contributed by atoms with E-state index in [0.29, 0.717) is 6.07 Å². The fourth-order valence-electron chi connectivity index (χ4n) is 2.54. The lowest BCUT2D eigenvalue weighted by atomic mass is 10.0. The minimum absolute atomic E-state index is 0. The largest absolute Gasteiger partial charge is 0.465 e. The van der Waals surface area contributed by atoms with Crippen molar-refractivity contribution in [3.8, 4) is 0 Å². The number of hydrazine groups is 1. The third kappa shape index (κ3) is 7.06. The average Bonchev–Trinajstić information content (AvgIpc) is 2.78. The molecule has 1 aliphatic heterocycles. The van der Waals surface area contributed by atoms with E-state index < -0.39 is 29.6 Å². The number of carbonyl (C=O) groups excluding carboxylic acids is 1. The standard InChI is InChI=1S/C15H19F3N4O3.2ClH/c16-11-8-13(18)12(17)6-9(11)5-10(19)7-14(23)22-4-3-21(15(24)25)2-1-20-22;;/h6,8,10,20H,1-5,7,19H2,(H,24,25);2*1H/t10-;;/m1../s1. The average molecular weight is 433 g/mol. The van der Waals surface area contributed by atoms with Crippen LogP contribution in [0.25, 0.3) is 0 Å². The van der Waals surface area contributed by atoms with Gasteiger partial charge in [0.2, 0.25) is 5.91 Å². The van der Waals surface area contributed by atoms with Crippen LogP contribution in [-0.4, -0.2) is 59.2 Å². The Morgan fingerprint density at radius 1 is 1.11 bits per heavy atom. The fraction of sp³-hybridized carbons (Fsp3) is 0.467. The first-order valence-corrected chi connectivity index (χ1v) is 7.68. The molecule has 0 radical (unpaired) electrons. The van der Waals surface area contributed by atoms with E-state index >= 15 is 0 Å². The van der Waals surface area contributed by atoms with Crippen LogP contribution >= 0.6 is 24.8 Å². The Bertz CT molecular complexity index is 669. The smallest absolute Gasteiger partial charge is 0.407 e. The van der Waals surface area contributed by atoms with Gasteiger partial charge in [-0.3, -0.25) is 9.80 Å². The third-order valence-electron chi connectivity index (χ3n) is 3.86. The summed E-state index contributed by atoms with van der Waals surface area (Å²) in [6.07, 6.45) is -1.36. The molecule has 0 spiro atoms. The van der Waals surface area contributed by atoms with Crippen LogP contribution in [0.5, 0.6) is 0 Å². The van der Waals surface area contributed by atoms with Crippen molar-refractivity contribution in [2.24, 2.45) is 5.73 Å². The minimum atomic E-state index is -1.29. The Morgan fingerprint density at radius 2 is 1.74 bits per heavy atom. The summed E-state index contributed by atoms with van der Waals surface area (Å²) in [4.78, 5) is 24.3. The number of benzene rings is 1. The second-order valence-electron chi connectivity index (χ2n) is 5.75. The van der Waals surface area contributed by atoms with Gasteiger partial charge in [-0.15, -0.1) is 24.8 Å². The van der Waals surface area contributed by atoms with Crippen molar-refractivity contribution in [2.75, 3.05) is 26.2 Å². The second kappa shape index (κ2) is 11.2. The Kier molecular flexibility index (Phi) is 10.5. The van der Waals surface area contributed by atoms with E-state index in [2.05, 4.69) is 5.43 Å². The molecular formula is C15H21Cl2F3N4O3. The SMILES string of the molecule is Cl.Cl.N[C@@H](CC(=O)N1CCN(C(=O)O)CCN1)Cc1cc(F)c(F)cc1F. The number of nitrogens with one attached hydrogen (secondary N) is 1. The molecule has 1 heterocycles. The highest BCUT2D eigenvalue weighted by molar-refractivity contribution is 5.85. The Hall–Kier alpha value is -1.75. The van der Waals surface area contributed by atoms with Gasteiger partial charge in [0.1, 0.15) is 5.82 Å². The number of hydrogen-bond donors (Lipinski definition) is 3. The third-order valence-corrected chi connectivity index (χ3v) is 3.86. The molecule has 2 rings (SSSR count). The van der Waals surface area contributed by atoms with Crippen LogP contribution < -0.4 is 11.2 Å². The van der Waals surface area contributed by atoms with Crippen LogP contribution in [0.3, 0.4) is 0 Å². The van der Waals surface area contributed by atoms with Gasteiger partial charge >= 0.3 is 6.09 Å². The monoisotopic (exact) mass is 432 g/mol. The summed E-state index contributed by atoms with van der Waals surface area (Å²) in [5, 5.41) is 10.2. The topological polar surface area (TPSA) is 98.9 Å². The van der Waals surface area contributed by atoms with Gasteiger partial charge < -0.3 is 15.7 Å². The van der Waals surface area contributed by atoms with E-state index in [4.69, 9.17) is 10.8 Å². The molecule has 1 aliphatic rings. The quantitative estimate of drug-likeness (QED) is 0.626. The summed E-state index contributed by atoms with van der Waals surface area (Å²) in [6, 6.07) is 0.368. The van der Waals surface area contributed by atoms with Crippen molar-refractivity contribution in [1.29, 1.82) is 0 Å². The maximum atomic E-state index is 13.6. The van der Waals surface area contributed by atoms with Crippen LogP contribution in [-0.2, 0) is 11.2 Å². The molecule has 1 fully saturated rings. The van der Waals surface area contributed by atoms with Crippen LogP contribution in [0.4, 0.5) is 18.0 Å². The first kappa shape index (κ1) is 25.2. The van der Waals surface area contributed by atoms with Gasteiger partial charge in [-0.1, -0.05) is 0 Å². The zero-order valence-electron chi connectivity index (χ0n) is 14.2. The maximum absolute atomic E-state index is 13.6. The van der Waals surface area contributed by atoms with Gasteiger partial charge in [0.15, 0.2) is 11.6 Å². The molecule has 2 amide bonds. The van der Waals surface area contributed by atoms with Crippen molar-refractivity contribution in [3.05, 3.63) is 35.1 Å². The van der Waals surface area contributed by atoms with Crippen LogP contribution in [0.2, 0.25) is 0 Å². The predicted molar refractivity (Wildman–Crippen MR) is 96.4 cm³/mol. The lowest BCUT2D eigenvalue weighted by Crippen LogP contribution is -2.46. The molecule has 154 valence electrons. The van der Waals surface area contributed by atoms with E-state index in [1.54, 1.807) is 0 Å². The highest BCUT2D eigenvalue weighted by Gasteiger charge is 2.23. The van der Waals surface area contributed by atoms with Gasteiger partial charge in [-0.25, -0.2) is 23.4 Å². The number of nitrogens with two attached hydrogens (primary N) is 1. The summed E-state index contributed by atoms with van der Waals surface area (Å²) in [7, 11) is 0. The highest BCUT2D eigenvalue weighted by Crippen LogP contribution is 2.16. The lowest BCUT2D eigenvalue weighted by Gasteiger charge is -2.22. The number of rotatable bonds is 4. The van der Waals surface area contributed by atoms with Gasteiger partial charge in [0.25, 0.3) is 0 Å². The Morgan fingerprint density at radius 3 is 2.37 bits per heavy atom. The fourth-order valence-corrected chi connectivity index (χ4v) is 2.54. The molecule has 0 aliphatic carbocycles. The van der Waals surface area contributed by atoms with E-state index in [1.165, 1.54) is 9.91 Å². The minimum Gasteiger partial charge on any atom is -0.465 e. The maximum Gasteiger partial charge on any atom is 0.407 e. The number of amides is 2. The lowest BCUT2D eigenvalue weighted by molar-refractivity contribution is -0.134. The van der Waals surface area contributed by atoms with Gasteiger partial charge in [-0.05, 0) is 18.1 Å². The molecule has 0 saturated carbocycles. The molecule has 0 unspecified atom stereocenters. The normalized spacial score (nSPS) is 15.3. The first-order valence-electron chi connectivity index (χ1n) is 7.68. The molecule has 0 bridgehead atoms. The van der Waals surface area contributed by atoms with Crippen molar-refractivity contribution in [3.63, 3.8) is 0 Å². The van der Waals surface area contributed by atoms with Crippen molar-refractivity contribution >= 4 is 36.8 Å². The molecule has 1 atom stereocenters. The summed E-state index contributed by atoms with van der Waals surface area (Å²) in [5.74, 6) is -3.78. The summed E-state index contributed by atoms with van der Waals surface area (Å²) < 4.78 is 39.7. The van der Waals surface area contributed by atoms with Gasteiger partial charge in [0.05, 0.1) is 6.54 Å². The van der Waals surface area contributed by atoms with Crippen LogP contribution in [0.15, 0.2) is 12.1 Å². The van der Waals surface area contributed by atoms with E-state index in [9.17, 15) is 22.8 Å². The van der Waals surface area contributed by atoms with Crippen LogP contribution in [0, 0.1) is 17.5 Å². The molecule has 1 saturated heterocycles. The van der Waals surface area contributed by atoms with E-state index in [-0.39, 0.29) is 75.3 Å². The second-order valence-corrected chi connectivity index (χ2v) is 5.75. The molecule has 1 aromatic carbocycles. The van der Waals surface area contributed by atoms with E-state index in [0.717, 1.165) is 6.07 Å².